The van der Waals surface area contributed by atoms with Crippen molar-refractivity contribution in [1.29, 1.82) is 0 Å². The number of carbonyl (C=O) groups is 1. The Kier molecular flexibility index (Phi) is 4.22. The van der Waals surface area contributed by atoms with Crippen molar-refractivity contribution in [1.82, 2.24) is 4.98 Å². The van der Waals surface area contributed by atoms with E-state index in [1.54, 1.807) is 18.3 Å². The maximum atomic E-state index is 11.1. The molecule has 2 rings (SSSR count). The van der Waals surface area contributed by atoms with Gasteiger partial charge in [0, 0.05) is 11.9 Å². The van der Waals surface area contributed by atoms with Crippen molar-refractivity contribution in [3.05, 3.63) is 58.8 Å². The monoisotopic (exact) mass is 273 g/mol. The normalized spacial score (nSPS) is 10.4. The van der Waals surface area contributed by atoms with Gasteiger partial charge in [-0.2, -0.15) is 0 Å². The third-order valence-corrected chi connectivity index (χ3v) is 3.74. The summed E-state index contributed by atoms with van der Waals surface area (Å²) in [6.07, 6.45) is 1.62. The van der Waals surface area contributed by atoms with Crippen molar-refractivity contribution in [3.63, 3.8) is 0 Å². The zero-order chi connectivity index (χ0) is 13.8. The highest BCUT2D eigenvalue weighted by atomic mass is 32.2. The summed E-state index contributed by atoms with van der Waals surface area (Å²) in [6, 6.07) is 9.58. The Balaban J connectivity index is 2.16. The molecule has 2 aromatic rings. The lowest BCUT2D eigenvalue weighted by atomic mass is 10.1. The van der Waals surface area contributed by atoms with Gasteiger partial charge < -0.3 is 5.11 Å². The number of aromatic carboxylic acids is 1. The van der Waals surface area contributed by atoms with Crippen molar-refractivity contribution in [2.75, 3.05) is 0 Å². The number of hydrogen-bond donors (Lipinski definition) is 1. The molecule has 1 heterocycles. The first kappa shape index (κ1) is 13.6. The SMILES string of the molecule is Cc1cc(C)cc(CSc2ncccc2C(=O)O)c1. The highest BCUT2D eigenvalue weighted by Gasteiger charge is 2.11. The number of hydrogen-bond acceptors (Lipinski definition) is 3. The number of aryl methyl sites for hydroxylation is 2. The quantitative estimate of drug-likeness (QED) is 0.863. The molecule has 0 aliphatic heterocycles. The van der Waals surface area contributed by atoms with Gasteiger partial charge in [0.2, 0.25) is 0 Å². The molecule has 0 saturated carbocycles. The van der Waals surface area contributed by atoms with Gasteiger partial charge >= 0.3 is 5.97 Å². The van der Waals surface area contributed by atoms with E-state index in [-0.39, 0.29) is 5.56 Å². The van der Waals surface area contributed by atoms with Crippen LogP contribution in [0.4, 0.5) is 0 Å². The van der Waals surface area contributed by atoms with Crippen LogP contribution in [0.25, 0.3) is 0 Å². The van der Waals surface area contributed by atoms with Gasteiger partial charge in [-0.05, 0) is 31.5 Å². The molecular formula is C15H15NO2S. The molecule has 3 nitrogen and oxygen atoms in total. The Bertz CT molecular complexity index is 591. The topological polar surface area (TPSA) is 50.2 Å². The summed E-state index contributed by atoms with van der Waals surface area (Å²) >= 11 is 1.45. The average molecular weight is 273 g/mol. The molecule has 0 unspecified atom stereocenters. The number of carboxylic acid groups (broad SMARTS) is 1. The number of pyridine rings is 1. The van der Waals surface area contributed by atoms with Crippen LogP contribution in [-0.4, -0.2) is 16.1 Å². The Morgan fingerprint density at radius 2 is 1.95 bits per heavy atom. The fourth-order valence-corrected chi connectivity index (χ4v) is 2.89. The molecule has 1 N–H and O–H groups in total. The number of rotatable bonds is 4. The van der Waals surface area contributed by atoms with Gasteiger partial charge in [-0.3, -0.25) is 0 Å². The van der Waals surface area contributed by atoms with E-state index in [0.29, 0.717) is 5.03 Å². The standard InChI is InChI=1S/C15H15NO2S/c1-10-6-11(2)8-12(7-10)9-19-14-13(15(17)18)4-3-5-16-14/h3-8H,9H2,1-2H3,(H,17,18). The van der Waals surface area contributed by atoms with Gasteiger partial charge in [-0.25, -0.2) is 9.78 Å². The first-order valence-corrected chi connectivity index (χ1v) is 6.93. The van der Waals surface area contributed by atoms with Gasteiger partial charge in [0.05, 0.1) is 5.56 Å². The molecule has 0 bridgehead atoms. The van der Waals surface area contributed by atoms with E-state index in [1.165, 1.54) is 28.5 Å². The van der Waals surface area contributed by atoms with E-state index >= 15 is 0 Å². The number of thioether (sulfide) groups is 1. The molecule has 0 saturated heterocycles. The van der Waals surface area contributed by atoms with E-state index in [1.807, 2.05) is 0 Å². The van der Waals surface area contributed by atoms with Gasteiger partial charge in [0.1, 0.15) is 5.03 Å². The van der Waals surface area contributed by atoms with Crippen LogP contribution < -0.4 is 0 Å². The molecule has 19 heavy (non-hydrogen) atoms. The van der Waals surface area contributed by atoms with Gasteiger partial charge in [-0.1, -0.05) is 29.3 Å². The zero-order valence-electron chi connectivity index (χ0n) is 10.9. The molecule has 0 amide bonds. The minimum atomic E-state index is -0.934. The number of benzene rings is 1. The van der Waals surface area contributed by atoms with Crippen LogP contribution >= 0.6 is 11.8 Å². The molecule has 4 heteroatoms. The lowest BCUT2D eigenvalue weighted by Crippen LogP contribution is -2.00. The van der Waals surface area contributed by atoms with Crippen LogP contribution in [0.2, 0.25) is 0 Å². The zero-order valence-corrected chi connectivity index (χ0v) is 11.7. The number of carboxylic acids is 1. The number of nitrogens with zero attached hydrogens (tertiary/aromatic N) is 1. The van der Waals surface area contributed by atoms with Gasteiger partial charge in [0.25, 0.3) is 0 Å². The molecule has 0 spiro atoms. The summed E-state index contributed by atoms with van der Waals surface area (Å²) in [7, 11) is 0. The van der Waals surface area contributed by atoms with E-state index in [4.69, 9.17) is 5.11 Å². The predicted molar refractivity (Wildman–Crippen MR) is 76.7 cm³/mol. The Hall–Kier alpha value is -1.81. The first-order valence-electron chi connectivity index (χ1n) is 5.94. The third kappa shape index (κ3) is 3.58. The maximum Gasteiger partial charge on any atom is 0.338 e. The van der Waals surface area contributed by atoms with Crippen molar-refractivity contribution in [2.24, 2.45) is 0 Å². The summed E-state index contributed by atoms with van der Waals surface area (Å²) in [6.45, 7) is 4.12. The molecule has 0 fully saturated rings. The molecule has 1 aromatic heterocycles. The lowest BCUT2D eigenvalue weighted by molar-refractivity contribution is 0.0692. The van der Waals surface area contributed by atoms with E-state index in [0.717, 1.165) is 5.75 Å². The third-order valence-electron chi connectivity index (χ3n) is 2.66. The van der Waals surface area contributed by atoms with Gasteiger partial charge in [-0.15, -0.1) is 11.8 Å². The van der Waals surface area contributed by atoms with Crippen molar-refractivity contribution in [3.8, 4) is 0 Å². The van der Waals surface area contributed by atoms with Gasteiger partial charge in [0.15, 0.2) is 0 Å². The summed E-state index contributed by atoms with van der Waals surface area (Å²) < 4.78 is 0. The first-order chi connectivity index (χ1) is 9.06. The number of aromatic nitrogens is 1. The highest BCUT2D eigenvalue weighted by Crippen LogP contribution is 2.25. The Morgan fingerprint density at radius 1 is 1.26 bits per heavy atom. The minimum Gasteiger partial charge on any atom is -0.478 e. The van der Waals surface area contributed by atoms with Crippen molar-refractivity contribution >= 4 is 17.7 Å². The van der Waals surface area contributed by atoms with Crippen LogP contribution in [-0.2, 0) is 5.75 Å². The summed E-state index contributed by atoms with van der Waals surface area (Å²) in [5, 5.41) is 9.66. The molecule has 0 aliphatic rings. The highest BCUT2D eigenvalue weighted by molar-refractivity contribution is 7.98. The van der Waals surface area contributed by atoms with Crippen LogP contribution in [0.3, 0.4) is 0 Å². The fraction of sp³-hybridized carbons (Fsp3) is 0.200. The minimum absolute atomic E-state index is 0.261. The van der Waals surface area contributed by atoms with Crippen molar-refractivity contribution < 1.29 is 9.90 Å². The summed E-state index contributed by atoms with van der Waals surface area (Å²) in [5.41, 5.74) is 3.88. The molecule has 1 aromatic carbocycles. The predicted octanol–water partition coefficient (Wildman–Crippen LogP) is 3.69. The van der Waals surface area contributed by atoms with E-state index in [2.05, 4.69) is 37.0 Å². The summed E-state index contributed by atoms with van der Waals surface area (Å²) in [5.74, 6) is -0.212. The van der Waals surface area contributed by atoms with Crippen molar-refractivity contribution in [2.45, 2.75) is 24.6 Å². The van der Waals surface area contributed by atoms with E-state index < -0.39 is 5.97 Å². The smallest absolute Gasteiger partial charge is 0.338 e. The molecule has 0 radical (unpaired) electrons. The van der Waals surface area contributed by atoms with Crippen LogP contribution in [0, 0.1) is 13.8 Å². The van der Waals surface area contributed by atoms with Crippen LogP contribution in [0.1, 0.15) is 27.0 Å². The van der Waals surface area contributed by atoms with Crippen LogP contribution in [0.5, 0.6) is 0 Å². The second kappa shape index (κ2) is 5.89. The molecule has 0 aliphatic carbocycles. The lowest BCUT2D eigenvalue weighted by Gasteiger charge is -2.06. The Morgan fingerprint density at radius 3 is 2.58 bits per heavy atom. The molecular weight excluding hydrogens is 258 g/mol. The fourth-order valence-electron chi connectivity index (χ4n) is 1.97. The largest absolute Gasteiger partial charge is 0.478 e. The Labute approximate surface area is 116 Å². The average Bonchev–Trinajstić information content (AvgIpc) is 2.35. The maximum absolute atomic E-state index is 11.1. The molecule has 0 atom stereocenters. The molecule has 98 valence electrons. The van der Waals surface area contributed by atoms with Crippen LogP contribution in [0.15, 0.2) is 41.6 Å². The second-order valence-electron chi connectivity index (χ2n) is 4.45. The second-order valence-corrected chi connectivity index (χ2v) is 5.41. The van der Waals surface area contributed by atoms with E-state index in [9.17, 15) is 4.79 Å². The summed E-state index contributed by atoms with van der Waals surface area (Å²) in [4.78, 5) is 15.2.